The summed E-state index contributed by atoms with van der Waals surface area (Å²) in [5.41, 5.74) is 2.62. The van der Waals surface area contributed by atoms with Gasteiger partial charge in [0.15, 0.2) is 5.11 Å². The fraction of sp³-hybridized carbons (Fsp3) is 0.217. The third-order valence-electron chi connectivity index (χ3n) is 4.39. The van der Waals surface area contributed by atoms with Crippen molar-refractivity contribution in [3.05, 3.63) is 72.1 Å². The molecular formula is C23H24N6OS. The molecule has 2 aromatic carbocycles. The van der Waals surface area contributed by atoms with Crippen LogP contribution in [-0.4, -0.2) is 27.1 Å². The molecule has 0 saturated heterocycles. The number of aromatic nitrogens is 2. The number of nitrogens with zero attached hydrogens (tertiary/aromatic N) is 3. The molecule has 3 N–H and O–H groups in total. The normalized spacial score (nSPS) is 13.4. The number of aliphatic imine (C=N–C) groups is 1. The summed E-state index contributed by atoms with van der Waals surface area (Å²) >= 11 is 5.48. The molecule has 0 unspecified atom stereocenters. The number of anilines is 2. The van der Waals surface area contributed by atoms with Crippen LogP contribution in [0.2, 0.25) is 0 Å². The molecule has 0 atom stereocenters. The Morgan fingerprint density at radius 2 is 1.58 bits per heavy atom. The van der Waals surface area contributed by atoms with Crippen molar-refractivity contribution < 1.29 is 4.74 Å². The lowest BCUT2D eigenvalue weighted by molar-refractivity contribution is 0.483. The van der Waals surface area contributed by atoms with Gasteiger partial charge in [0, 0.05) is 17.1 Å². The van der Waals surface area contributed by atoms with Gasteiger partial charge in [-0.25, -0.2) is 15.0 Å². The van der Waals surface area contributed by atoms with Gasteiger partial charge in [-0.2, -0.15) is 0 Å². The number of benzene rings is 2. The van der Waals surface area contributed by atoms with Crippen LogP contribution in [0, 0.1) is 13.8 Å². The molecule has 158 valence electrons. The van der Waals surface area contributed by atoms with Gasteiger partial charge in [-0.05, 0) is 81.4 Å². The van der Waals surface area contributed by atoms with Crippen molar-refractivity contribution in [1.82, 2.24) is 15.3 Å². The SMILES string of the molecule is Cc1cc(C)nc(NC(=NC2CC2)NC(=S)Nc2ccc(Oc3ccccc3)cc2)n1. The lowest BCUT2D eigenvalue weighted by atomic mass is 10.3. The molecule has 1 aliphatic carbocycles. The van der Waals surface area contributed by atoms with E-state index in [4.69, 9.17) is 17.0 Å². The van der Waals surface area contributed by atoms with E-state index in [1.807, 2.05) is 74.5 Å². The molecule has 8 heteroatoms. The first-order valence-electron chi connectivity index (χ1n) is 10.1. The molecule has 0 aliphatic heterocycles. The maximum absolute atomic E-state index is 5.82. The average Bonchev–Trinajstić information content (AvgIpc) is 3.53. The van der Waals surface area contributed by atoms with Crippen LogP contribution in [0.15, 0.2) is 65.7 Å². The molecule has 0 bridgehead atoms. The van der Waals surface area contributed by atoms with Crippen LogP contribution in [0.1, 0.15) is 24.2 Å². The number of rotatable bonds is 5. The van der Waals surface area contributed by atoms with E-state index in [0.717, 1.165) is 41.4 Å². The second-order valence-electron chi connectivity index (χ2n) is 7.33. The molecule has 1 fully saturated rings. The van der Waals surface area contributed by atoms with Crippen molar-refractivity contribution in [1.29, 1.82) is 0 Å². The smallest absolute Gasteiger partial charge is 0.229 e. The first-order chi connectivity index (χ1) is 15.0. The van der Waals surface area contributed by atoms with Crippen molar-refractivity contribution >= 4 is 34.9 Å². The zero-order valence-electron chi connectivity index (χ0n) is 17.4. The zero-order chi connectivity index (χ0) is 21.6. The number of ether oxygens (including phenoxy) is 1. The summed E-state index contributed by atoms with van der Waals surface area (Å²) in [5, 5.41) is 9.87. The Hall–Kier alpha value is -3.52. The predicted octanol–water partition coefficient (Wildman–Crippen LogP) is 4.80. The highest BCUT2D eigenvalue weighted by atomic mass is 32.1. The van der Waals surface area contributed by atoms with E-state index < -0.39 is 0 Å². The number of hydrogen-bond donors (Lipinski definition) is 3. The average molecular weight is 433 g/mol. The molecular weight excluding hydrogens is 408 g/mol. The van der Waals surface area contributed by atoms with E-state index in [1.54, 1.807) is 0 Å². The van der Waals surface area contributed by atoms with E-state index in [9.17, 15) is 0 Å². The summed E-state index contributed by atoms with van der Waals surface area (Å²) in [6.07, 6.45) is 2.15. The highest BCUT2D eigenvalue weighted by Gasteiger charge is 2.22. The molecule has 0 amide bonds. The monoisotopic (exact) mass is 432 g/mol. The first-order valence-corrected chi connectivity index (χ1v) is 10.5. The van der Waals surface area contributed by atoms with E-state index in [2.05, 4.69) is 30.9 Å². The van der Waals surface area contributed by atoms with Crippen LogP contribution in [0.25, 0.3) is 0 Å². The van der Waals surface area contributed by atoms with E-state index in [1.165, 1.54) is 0 Å². The van der Waals surface area contributed by atoms with Crippen molar-refractivity contribution in [3.63, 3.8) is 0 Å². The topological polar surface area (TPSA) is 83.5 Å². The molecule has 1 aliphatic rings. The highest BCUT2D eigenvalue weighted by Crippen LogP contribution is 2.24. The van der Waals surface area contributed by atoms with Crippen molar-refractivity contribution in [3.8, 4) is 11.5 Å². The Kier molecular flexibility index (Phi) is 6.37. The Balaban J connectivity index is 1.37. The molecule has 31 heavy (non-hydrogen) atoms. The van der Waals surface area contributed by atoms with Crippen LogP contribution in [0.4, 0.5) is 11.6 Å². The van der Waals surface area contributed by atoms with Gasteiger partial charge in [-0.1, -0.05) is 18.2 Å². The fourth-order valence-corrected chi connectivity index (χ4v) is 3.09. The van der Waals surface area contributed by atoms with Gasteiger partial charge in [0.05, 0.1) is 6.04 Å². The van der Waals surface area contributed by atoms with Crippen molar-refractivity contribution in [2.75, 3.05) is 10.6 Å². The summed E-state index contributed by atoms with van der Waals surface area (Å²) in [5.74, 6) is 2.57. The van der Waals surface area contributed by atoms with E-state index in [-0.39, 0.29) is 0 Å². The van der Waals surface area contributed by atoms with Crippen LogP contribution in [0.3, 0.4) is 0 Å². The maximum Gasteiger partial charge on any atom is 0.229 e. The van der Waals surface area contributed by atoms with Gasteiger partial charge >= 0.3 is 0 Å². The third-order valence-corrected chi connectivity index (χ3v) is 4.60. The molecule has 7 nitrogen and oxygen atoms in total. The zero-order valence-corrected chi connectivity index (χ0v) is 18.2. The highest BCUT2D eigenvalue weighted by molar-refractivity contribution is 7.80. The van der Waals surface area contributed by atoms with Gasteiger partial charge in [0.2, 0.25) is 11.9 Å². The van der Waals surface area contributed by atoms with E-state index >= 15 is 0 Å². The van der Waals surface area contributed by atoms with Gasteiger partial charge in [-0.15, -0.1) is 0 Å². The third kappa shape index (κ3) is 6.48. The Labute approximate surface area is 187 Å². The Morgan fingerprint density at radius 3 is 2.23 bits per heavy atom. The minimum atomic E-state index is 0.304. The molecule has 1 aromatic heterocycles. The number of aryl methyl sites for hydroxylation is 2. The molecule has 4 rings (SSSR count). The summed E-state index contributed by atoms with van der Waals surface area (Å²) in [6.45, 7) is 3.87. The summed E-state index contributed by atoms with van der Waals surface area (Å²) in [6, 6.07) is 19.5. The summed E-state index contributed by atoms with van der Waals surface area (Å²) in [4.78, 5) is 13.5. The Bertz CT molecular complexity index is 1060. The number of nitrogens with one attached hydrogen (secondary N) is 3. The summed E-state index contributed by atoms with van der Waals surface area (Å²) in [7, 11) is 0. The summed E-state index contributed by atoms with van der Waals surface area (Å²) < 4.78 is 5.82. The molecule has 0 spiro atoms. The van der Waals surface area contributed by atoms with Crippen LogP contribution in [-0.2, 0) is 0 Å². The molecule has 1 heterocycles. The van der Waals surface area contributed by atoms with E-state index in [0.29, 0.717) is 23.1 Å². The largest absolute Gasteiger partial charge is 0.457 e. The fourth-order valence-electron chi connectivity index (χ4n) is 2.87. The van der Waals surface area contributed by atoms with Gasteiger partial charge in [0.25, 0.3) is 0 Å². The van der Waals surface area contributed by atoms with Gasteiger partial charge in [-0.3, -0.25) is 5.32 Å². The molecule has 1 saturated carbocycles. The number of guanidine groups is 1. The maximum atomic E-state index is 5.82. The number of thiocarbonyl (C=S) groups is 1. The predicted molar refractivity (Wildman–Crippen MR) is 128 cm³/mol. The minimum Gasteiger partial charge on any atom is -0.457 e. The van der Waals surface area contributed by atoms with Crippen LogP contribution < -0.4 is 20.7 Å². The Morgan fingerprint density at radius 1 is 0.935 bits per heavy atom. The number of para-hydroxylation sites is 1. The van der Waals surface area contributed by atoms with Gasteiger partial charge in [0.1, 0.15) is 11.5 Å². The molecule has 3 aromatic rings. The lowest BCUT2D eigenvalue weighted by Crippen LogP contribution is -2.39. The molecule has 0 radical (unpaired) electrons. The minimum absolute atomic E-state index is 0.304. The van der Waals surface area contributed by atoms with Crippen LogP contribution in [0.5, 0.6) is 11.5 Å². The second kappa shape index (κ2) is 9.53. The lowest BCUT2D eigenvalue weighted by Gasteiger charge is -2.14. The number of hydrogen-bond acceptors (Lipinski definition) is 5. The quantitative estimate of drug-likeness (QED) is 0.303. The van der Waals surface area contributed by atoms with Crippen molar-refractivity contribution in [2.45, 2.75) is 32.7 Å². The van der Waals surface area contributed by atoms with Crippen molar-refractivity contribution in [2.24, 2.45) is 4.99 Å². The van der Waals surface area contributed by atoms with Crippen LogP contribution >= 0.6 is 12.2 Å². The standard InChI is InChI=1S/C23H24N6OS/c1-15-14-16(2)25-21(24-15)28-22(26-17-8-9-17)29-23(31)27-18-10-12-20(13-11-18)30-19-6-4-3-5-7-19/h3-7,10-14,17H,8-9H2,1-2H3,(H3,24,25,26,27,28,29,31). The first kappa shape index (κ1) is 20.7. The van der Waals surface area contributed by atoms with Gasteiger partial charge < -0.3 is 15.4 Å². The second-order valence-corrected chi connectivity index (χ2v) is 7.74.